The second kappa shape index (κ2) is 4.75. The summed E-state index contributed by atoms with van der Waals surface area (Å²) < 4.78 is 18.5. The van der Waals surface area contributed by atoms with E-state index in [4.69, 9.17) is 16.3 Å². The van der Waals surface area contributed by atoms with E-state index in [1.54, 1.807) is 19.2 Å². The molecule has 4 heteroatoms. The molecule has 0 unspecified atom stereocenters. The van der Waals surface area contributed by atoms with E-state index in [9.17, 15) is 9.18 Å². The highest BCUT2D eigenvalue weighted by Gasteiger charge is 2.43. The van der Waals surface area contributed by atoms with Gasteiger partial charge in [0.05, 0.1) is 5.02 Å². The zero-order valence-corrected chi connectivity index (χ0v) is 10.4. The van der Waals surface area contributed by atoms with Crippen LogP contribution in [0.2, 0.25) is 5.02 Å². The Hall–Kier alpha value is -0.930. The van der Waals surface area contributed by atoms with Gasteiger partial charge in [0.1, 0.15) is 11.4 Å². The van der Waals surface area contributed by atoms with Crippen molar-refractivity contribution in [2.75, 3.05) is 7.11 Å². The Balaban J connectivity index is 2.16. The Labute approximate surface area is 105 Å². The second-order valence-electron chi connectivity index (χ2n) is 4.36. The normalized spacial score (nSPS) is 17.6. The van der Waals surface area contributed by atoms with Crippen molar-refractivity contribution in [3.8, 4) is 0 Å². The van der Waals surface area contributed by atoms with Crippen molar-refractivity contribution in [1.82, 2.24) is 0 Å². The third-order valence-corrected chi connectivity index (χ3v) is 3.87. The van der Waals surface area contributed by atoms with Crippen LogP contribution in [-0.2, 0) is 16.0 Å². The van der Waals surface area contributed by atoms with E-state index in [-0.39, 0.29) is 17.2 Å². The van der Waals surface area contributed by atoms with E-state index in [2.05, 4.69) is 0 Å². The lowest BCUT2D eigenvalue weighted by Gasteiger charge is -2.38. The number of methoxy groups -OCH3 is 1. The fourth-order valence-electron chi connectivity index (χ4n) is 2.11. The molecule has 0 saturated heterocycles. The Kier molecular flexibility index (Phi) is 3.50. The van der Waals surface area contributed by atoms with Crippen LogP contribution in [0, 0.1) is 5.82 Å². The number of halogens is 2. The van der Waals surface area contributed by atoms with Crippen molar-refractivity contribution in [2.45, 2.75) is 31.3 Å². The zero-order chi connectivity index (χ0) is 12.5. The van der Waals surface area contributed by atoms with Crippen molar-refractivity contribution in [3.63, 3.8) is 0 Å². The lowest BCUT2D eigenvalue weighted by molar-refractivity contribution is -0.151. The maximum atomic E-state index is 13.2. The van der Waals surface area contributed by atoms with Gasteiger partial charge in [-0.25, -0.2) is 4.39 Å². The molecule has 1 aromatic carbocycles. The molecule has 2 rings (SSSR count). The summed E-state index contributed by atoms with van der Waals surface area (Å²) in [6.07, 6.45) is 2.62. The van der Waals surface area contributed by atoms with Crippen LogP contribution in [0.25, 0.3) is 0 Å². The molecule has 0 aliphatic heterocycles. The standard InChI is InChI=1S/C13H14ClFO2/c1-17-13(6-3-7-13)11(16)8-9-4-2-5-10(15)12(9)14/h2,4-5H,3,6-8H2,1H3. The number of hydrogen-bond acceptors (Lipinski definition) is 2. The molecule has 0 bridgehead atoms. The average Bonchev–Trinajstić information content (AvgIpc) is 2.24. The summed E-state index contributed by atoms with van der Waals surface area (Å²) in [5.74, 6) is -0.504. The van der Waals surface area contributed by atoms with E-state index >= 15 is 0 Å². The molecule has 2 nitrogen and oxygen atoms in total. The van der Waals surface area contributed by atoms with Gasteiger partial charge >= 0.3 is 0 Å². The molecule has 1 aliphatic rings. The molecule has 1 saturated carbocycles. The quantitative estimate of drug-likeness (QED) is 0.827. The van der Waals surface area contributed by atoms with Crippen molar-refractivity contribution >= 4 is 17.4 Å². The summed E-state index contributed by atoms with van der Waals surface area (Å²) in [7, 11) is 1.55. The number of ether oxygens (including phenoxy) is 1. The predicted molar refractivity (Wildman–Crippen MR) is 63.7 cm³/mol. The Bertz CT molecular complexity index is 436. The summed E-state index contributed by atoms with van der Waals surface area (Å²) in [4.78, 5) is 12.1. The molecule has 1 fully saturated rings. The molecular formula is C13H14ClFO2. The molecule has 1 aliphatic carbocycles. The summed E-state index contributed by atoms with van der Waals surface area (Å²) in [5, 5.41) is 0.0337. The molecule has 0 atom stereocenters. The fourth-order valence-corrected chi connectivity index (χ4v) is 2.31. The number of Topliss-reactive ketones (excluding diaryl/α,β-unsaturated/α-hetero) is 1. The Morgan fingerprint density at radius 3 is 2.76 bits per heavy atom. The lowest BCUT2D eigenvalue weighted by atomic mass is 9.75. The summed E-state index contributed by atoms with van der Waals surface area (Å²) in [6, 6.07) is 4.52. The van der Waals surface area contributed by atoms with Crippen LogP contribution in [0.3, 0.4) is 0 Å². The molecule has 92 valence electrons. The molecule has 1 aromatic rings. The van der Waals surface area contributed by atoms with E-state index in [1.165, 1.54) is 6.07 Å². The topological polar surface area (TPSA) is 26.3 Å². The first-order chi connectivity index (χ1) is 8.09. The molecule has 0 amide bonds. The average molecular weight is 257 g/mol. The lowest BCUT2D eigenvalue weighted by Crippen LogP contribution is -2.47. The highest BCUT2D eigenvalue weighted by molar-refractivity contribution is 6.31. The number of carbonyl (C=O) groups is 1. The molecule has 0 aromatic heterocycles. The maximum Gasteiger partial charge on any atom is 0.169 e. The number of rotatable bonds is 4. The van der Waals surface area contributed by atoms with Gasteiger partial charge in [-0.05, 0) is 30.9 Å². The zero-order valence-electron chi connectivity index (χ0n) is 9.63. The van der Waals surface area contributed by atoms with Gasteiger partial charge in [-0.1, -0.05) is 23.7 Å². The number of ketones is 1. The summed E-state index contributed by atoms with van der Waals surface area (Å²) >= 11 is 5.82. The highest BCUT2D eigenvalue weighted by atomic mass is 35.5. The predicted octanol–water partition coefficient (Wildman–Crippen LogP) is 3.16. The van der Waals surface area contributed by atoms with Gasteiger partial charge in [0, 0.05) is 13.5 Å². The summed E-state index contributed by atoms with van der Waals surface area (Å²) in [5.41, 5.74) is -0.129. The molecule has 0 radical (unpaired) electrons. The monoisotopic (exact) mass is 256 g/mol. The largest absolute Gasteiger partial charge is 0.370 e. The van der Waals surface area contributed by atoms with Gasteiger partial charge < -0.3 is 4.74 Å². The first kappa shape index (κ1) is 12.5. The number of benzene rings is 1. The van der Waals surface area contributed by atoms with E-state index in [0.29, 0.717) is 5.56 Å². The SMILES string of the molecule is COC1(C(=O)Cc2cccc(F)c2Cl)CCC1. The first-order valence-electron chi connectivity index (χ1n) is 5.60. The molecule has 0 heterocycles. The fraction of sp³-hybridized carbons (Fsp3) is 0.462. The van der Waals surface area contributed by atoms with Crippen molar-refractivity contribution in [3.05, 3.63) is 34.6 Å². The maximum absolute atomic E-state index is 13.2. The minimum atomic E-state index is -0.657. The van der Waals surface area contributed by atoms with Crippen LogP contribution in [-0.4, -0.2) is 18.5 Å². The van der Waals surface area contributed by atoms with Crippen LogP contribution in [0.4, 0.5) is 4.39 Å². The van der Waals surface area contributed by atoms with Crippen molar-refractivity contribution in [1.29, 1.82) is 0 Å². The van der Waals surface area contributed by atoms with Gasteiger partial charge in [-0.3, -0.25) is 4.79 Å². The first-order valence-corrected chi connectivity index (χ1v) is 5.98. The van der Waals surface area contributed by atoms with Crippen LogP contribution >= 0.6 is 11.6 Å². The van der Waals surface area contributed by atoms with Crippen molar-refractivity contribution < 1.29 is 13.9 Å². The molecule has 17 heavy (non-hydrogen) atoms. The highest BCUT2D eigenvalue weighted by Crippen LogP contribution is 2.37. The summed E-state index contributed by atoms with van der Waals surface area (Å²) in [6.45, 7) is 0. The van der Waals surface area contributed by atoms with Crippen LogP contribution < -0.4 is 0 Å². The third kappa shape index (κ3) is 2.22. The van der Waals surface area contributed by atoms with Crippen LogP contribution in [0.5, 0.6) is 0 Å². The number of carbonyl (C=O) groups excluding carboxylic acids is 1. The van der Waals surface area contributed by atoms with Crippen molar-refractivity contribution in [2.24, 2.45) is 0 Å². The van der Waals surface area contributed by atoms with Gasteiger partial charge in [0.25, 0.3) is 0 Å². The van der Waals surface area contributed by atoms with Gasteiger partial charge in [-0.2, -0.15) is 0 Å². The molecule has 0 N–H and O–H groups in total. The second-order valence-corrected chi connectivity index (χ2v) is 4.74. The van der Waals surface area contributed by atoms with Crippen LogP contribution in [0.15, 0.2) is 18.2 Å². The third-order valence-electron chi connectivity index (χ3n) is 3.44. The minimum Gasteiger partial charge on any atom is -0.370 e. The van der Waals surface area contributed by atoms with E-state index in [1.807, 2.05) is 0 Å². The molecule has 0 spiro atoms. The number of hydrogen-bond donors (Lipinski definition) is 0. The molecular weight excluding hydrogens is 243 g/mol. The van der Waals surface area contributed by atoms with E-state index in [0.717, 1.165) is 19.3 Å². The van der Waals surface area contributed by atoms with Gasteiger partial charge in [0.2, 0.25) is 0 Å². The van der Waals surface area contributed by atoms with Crippen LogP contribution in [0.1, 0.15) is 24.8 Å². The smallest absolute Gasteiger partial charge is 0.169 e. The van der Waals surface area contributed by atoms with Gasteiger partial charge in [0.15, 0.2) is 5.78 Å². The van der Waals surface area contributed by atoms with E-state index < -0.39 is 11.4 Å². The Morgan fingerprint density at radius 1 is 1.53 bits per heavy atom. The van der Waals surface area contributed by atoms with Gasteiger partial charge in [-0.15, -0.1) is 0 Å². The minimum absolute atomic E-state index is 0.0150. The Morgan fingerprint density at radius 2 is 2.24 bits per heavy atom.